The quantitative estimate of drug-likeness (QED) is 0.131. The zero-order valence-electron chi connectivity index (χ0n) is 30.6. The number of rotatable bonds is 8. The van der Waals surface area contributed by atoms with E-state index >= 15 is 0 Å². The minimum atomic E-state index is -0.702. The van der Waals surface area contributed by atoms with Gasteiger partial charge in [0.25, 0.3) is 5.91 Å². The topological polar surface area (TPSA) is 157 Å². The predicted molar refractivity (Wildman–Crippen MR) is 205 cm³/mol. The van der Waals surface area contributed by atoms with E-state index in [-0.39, 0.29) is 17.3 Å². The molecule has 54 heavy (non-hydrogen) atoms. The van der Waals surface area contributed by atoms with Gasteiger partial charge in [-0.05, 0) is 99.4 Å². The highest BCUT2D eigenvalue weighted by molar-refractivity contribution is 6.05. The van der Waals surface area contributed by atoms with Crippen LogP contribution in [0.25, 0.3) is 44.6 Å². The van der Waals surface area contributed by atoms with Gasteiger partial charge >= 0.3 is 5.97 Å². The summed E-state index contributed by atoms with van der Waals surface area (Å²) in [6.45, 7) is 6.55. The summed E-state index contributed by atoms with van der Waals surface area (Å²) >= 11 is 0. The number of primary amides is 1. The van der Waals surface area contributed by atoms with Gasteiger partial charge in [-0.1, -0.05) is 48.5 Å². The molecule has 1 amide bonds. The molecular weight excluding hydrogens is 694 g/mol. The number of methoxy groups -OCH3 is 1. The third kappa shape index (κ3) is 9.20. The normalized spacial score (nSPS) is 14.2. The van der Waals surface area contributed by atoms with E-state index in [1.165, 1.54) is 56.1 Å². The molecule has 2 aromatic heterocycles. The van der Waals surface area contributed by atoms with Gasteiger partial charge in [-0.15, -0.1) is 0 Å². The van der Waals surface area contributed by atoms with Crippen molar-refractivity contribution < 1.29 is 37.0 Å². The van der Waals surface area contributed by atoms with Crippen LogP contribution in [0, 0.1) is 11.6 Å². The molecule has 0 atom stereocenters. The Balaban J connectivity index is 0.000000195. The smallest absolute Gasteiger partial charge is 0.341 e. The number of benzene rings is 4. The molecule has 6 N–H and O–H groups in total. The molecule has 0 unspecified atom stereocenters. The summed E-state index contributed by atoms with van der Waals surface area (Å²) in [5.41, 5.74) is 10.4. The second kappa shape index (κ2) is 18.1. The number of nitrogens with two attached hydrogens (primary N) is 1. The first-order valence-electron chi connectivity index (χ1n) is 17.7. The van der Waals surface area contributed by atoms with Gasteiger partial charge in [-0.2, -0.15) is 0 Å². The molecule has 10 nitrogen and oxygen atoms in total. The molecular formula is C42H46F2N4O6. The van der Waals surface area contributed by atoms with Crippen LogP contribution in [0.3, 0.4) is 0 Å². The summed E-state index contributed by atoms with van der Waals surface area (Å²) in [7, 11) is 2.27. The van der Waals surface area contributed by atoms with E-state index in [1.807, 2.05) is 24.3 Å². The highest BCUT2D eigenvalue weighted by atomic mass is 19.1. The highest BCUT2D eigenvalue weighted by Gasteiger charge is 2.19. The number of fused-ring (bicyclic) bond motifs is 2. The number of hydrogen-bond donors (Lipinski definition) is 3. The molecule has 6 aromatic rings. The second-order valence-electron chi connectivity index (χ2n) is 13.2. The van der Waals surface area contributed by atoms with Crippen LogP contribution in [-0.4, -0.2) is 67.2 Å². The van der Waals surface area contributed by atoms with Gasteiger partial charge in [-0.3, -0.25) is 14.6 Å². The molecule has 8 rings (SSSR count). The number of carbonyl (C=O) groups excluding carboxylic acids is 2. The number of furan rings is 2. The Bertz CT molecular complexity index is 2190. The van der Waals surface area contributed by atoms with E-state index in [1.54, 1.807) is 12.1 Å². The van der Waals surface area contributed by atoms with Crippen molar-refractivity contribution >= 4 is 33.8 Å². The first kappa shape index (κ1) is 39.8. The first-order chi connectivity index (χ1) is 25.7. The second-order valence-corrected chi connectivity index (χ2v) is 13.2. The Morgan fingerprint density at radius 1 is 0.667 bits per heavy atom. The van der Waals surface area contributed by atoms with Gasteiger partial charge in [0.2, 0.25) is 0 Å². The number of aliphatic hydroxyl groups excluding tert-OH is 1. The van der Waals surface area contributed by atoms with Crippen molar-refractivity contribution in [2.24, 2.45) is 5.73 Å². The first-order valence-corrected chi connectivity index (χ1v) is 17.7. The molecule has 0 bridgehead atoms. The van der Waals surface area contributed by atoms with Crippen LogP contribution in [0.4, 0.5) is 8.78 Å². The fraction of sp³-hybridized carbons (Fsp3) is 0.286. The lowest BCUT2D eigenvalue weighted by Crippen LogP contribution is -2.18. The zero-order chi connectivity index (χ0) is 37.5. The third-order valence-corrected chi connectivity index (χ3v) is 9.52. The number of nitrogens with zero attached hydrogens (tertiary/aromatic N) is 2. The van der Waals surface area contributed by atoms with Crippen molar-refractivity contribution in [2.45, 2.75) is 38.8 Å². The van der Waals surface area contributed by atoms with Crippen LogP contribution < -0.4 is 11.9 Å². The molecule has 0 aliphatic carbocycles. The van der Waals surface area contributed by atoms with Crippen LogP contribution in [0.2, 0.25) is 0 Å². The van der Waals surface area contributed by atoms with E-state index in [9.17, 15) is 18.4 Å². The number of hydrogen-bond acceptors (Lipinski definition) is 9. The molecule has 2 fully saturated rings. The van der Waals surface area contributed by atoms with Gasteiger partial charge in [0.15, 0.2) is 0 Å². The molecule has 0 radical (unpaired) electrons. The van der Waals surface area contributed by atoms with Crippen LogP contribution >= 0.6 is 0 Å². The fourth-order valence-electron chi connectivity index (χ4n) is 6.91. The minimum Gasteiger partial charge on any atom is -0.465 e. The van der Waals surface area contributed by atoms with Gasteiger partial charge in [0.1, 0.15) is 39.9 Å². The van der Waals surface area contributed by atoms with Crippen LogP contribution in [0.15, 0.2) is 93.8 Å². The van der Waals surface area contributed by atoms with E-state index in [4.69, 9.17) is 24.4 Å². The Morgan fingerprint density at radius 2 is 1.06 bits per heavy atom. The molecule has 0 saturated carbocycles. The Labute approximate surface area is 312 Å². The van der Waals surface area contributed by atoms with E-state index in [2.05, 4.69) is 34.1 Å². The number of carbonyl (C=O) groups is 2. The van der Waals surface area contributed by atoms with E-state index in [0.717, 1.165) is 69.6 Å². The number of aliphatic hydroxyl groups is 1. The van der Waals surface area contributed by atoms with E-state index in [0.29, 0.717) is 33.5 Å². The number of amides is 1. The lowest BCUT2D eigenvalue weighted by molar-refractivity contribution is 0.0601. The Morgan fingerprint density at radius 3 is 1.44 bits per heavy atom. The van der Waals surface area contributed by atoms with Crippen LogP contribution in [0.1, 0.15) is 57.5 Å². The molecule has 12 heteroatoms. The van der Waals surface area contributed by atoms with Crippen molar-refractivity contribution in [3.63, 3.8) is 0 Å². The van der Waals surface area contributed by atoms with Crippen molar-refractivity contribution in [3.05, 3.63) is 119 Å². The van der Waals surface area contributed by atoms with Crippen molar-refractivity contribution in [1.29, 1.82) is 0 Å². The van der Waals surface area contributed by atoms with Gasteiger partial charge in [-0.25, -0.2) is 13.6 Å². The number of esters is 1. The standard InChI is InChI=1S/C21H20FNO3.C20H19FN2O2.CH4O.H3N/c1-25-21(24)18-12-17(22)10-16-11-19(26-20(16)18)15-6-4-14(5-7-15)13-23-8-2-3-9-23;21-16-9-15-10-18(25-19(15)17(11-16)20(22)24)14-5-3-13(4-6-14)12-23-7-1-2-8-23;1-2;/h4-7,10-12H,2-3,8-9,13H2,1H3;3-6,9-11H,1-2,7-8,12H2,(H2,22,24);2H,1H3;1H3. The van der Waals surface area contributed by atoms with Crippen molar-refractivity contribution in [2.75, 3.05) is 40.4 Å². The van der Waals surface area contributed by atoms with Gasteiger partial charge < -0.3 is 30.6 Å². The van der Waals surface area contributed by atoms with Gasteiger partial charge in [0, 0.05) is 42.1 Å². The third-order valence-electron chi connectivity index (χ3n) is 9.52. The monoisotopic (exact) mass is 740 g/mol. The van der Waals surface area contributed by atoms with Crippen molar-refractivity contribution in [1.82, 2.24) is 16.0 Å². The average Bonchev–Trinajstić information content (AvgIpc) is 4.01. The summed E-state index contributed by atoms with van der Waals surface area (Å²) in [6.07, 6.45) is 5.10. The molecule has 2 aliphatic rings. The maximum atomic E-state index is 13.8. The molecule has 0 spiro atoms. The van der Waals surface area contributed by atoms with E-state index < -0.39 is 23.5 Å². The summed E-state index contributed by atoms with van der Waals surface area (Å²) in [5.74, 6) is -1.12. The number of halogens is 2. The van der Waals surface area contributed by atoms with Gasteiger partial charge in [0.05, 0.1) is 12.7 Å². The molecule has 2 saturated heterocycles. The predicted octanol–water partition coefficient (Wildman–Crippen LogP) is 8.33. The van der Waals surface area contributed by atoms with Crippen molar-refractivity contribution in [3.8, 4) is 22.6 Å². The average molecular weight is 741 g/mol. The maximum Gasteiger partial charge on any atom is 0.341 e. The fourth-order valence-corrected chi connectivity index (χ4v) is 6.91. The molecule has 4 heterocycles. The summed E-state index contributed by atoms with van der Waals surface area (Å²) in [6, 6.07) is 24.7. The zero-order valence-corrected chi connectivity index (χ0v) is 30.6. The largest absolute Gasteiger partial charge is 0.465 e. The highest BCUT2D eigenvalue weighted by Crippen LogP contribution is 2.33. The molecule has 4 aromatic carbocycles. The maximum absolute atomic E-state index is 13.8. The Kier molecular flexibility index (Phi) is 13.3. The van der Waals surface area contributed by atoms with Crippen LogP contribution in [0.5, 0.6) is 0 Å². The molecule has 284 valence electrons. The summed E-state index contributed by atoms with van der Waals surface area (Å²) in [5, 5.41) is 8.08. The SMILES string of the molecule is CO.COC(=O)c1cc(F)cc2cc(-c3ccc(CN4CCCC4)cc3)oc12.N.NC(=O)c1cc(F)cc2cc(-c3ccc(CN4CCCC4)cc3)oc12. The lowest BCUT2D eigenvalue weighted by atomic mass is 10.1. The molecule has 2 aliphatic heterocycles. The summed E-state index contributed by atoms with van der Waals surface area (Å²) < 4.78 is 43.8. The lowest BCUT2D eigenvalue weighted by Gasteiger charge is -2.14. The Hall–Kier alpha value is -5.40. The number of likely N-dealkylation sites (tertiary alicyclic amines) is 2. The number of ether oxygens (including phenoxy) is 1. The minimum absolute atomic E-state index is 0. The summed E-state index contributed by atoms with van der Waals surface area (Å²) in [4.78, 5) is 28.3. The van der Waals surface area contributed by atoms with Crippen LogP contribution in [-0.2, 0) is 17.8 Å².